The summed E-state index contributed by atoms with van der Waals surface area (Å²) in [6.45, 7) is 0. The van der Waals surface area contributed by atoms with Gasteiger partial charge >= 0.3 is 0 Å². The number of rotatable bonds is 6. The van der Waals surface area contributed by atoms with Crippen LogP contribution in [0.25, 0.3) is 22.0 Å². The van der Waals surface area contributed by atoms with Gasteiger partial charge in [-0.3, -0.25) is 19.7 Å². The fourth-order valence-corrected chi connectivity index (χ4v) is 5.16. The molecule has 10 heteroatoms. The van der Waals surface area contributed by atoms with Crippen LogP contribution in [0.4, 0.5) is 5.69 Å². The number of benzene rings is 3. The fraction of sp³-hybridized carbons (Fsp3) is 0.148. The summed E-state index contributed by atoms with van der Waals surface area (Å²) in [4.78, 5) is 40.4. The van der Waals surface area contributed by atoms with Gasteiger partial charge in [0.25, 0.3) is 11.2 Å². The van der Waals surface area contributed by atoms with Gasteiger partial charge in [-0.2, -0.15) is 5.10 Å². The first-order valence-corrected chi connectivity index (χ1v) is 12.8. The molecule has 1 aromatic heterocycles. The van der Waals surface area contributed by atoms with E-state index >= 15 is 0 Å². The Hall–Kier alpha value is -3.82. The molecule has 186 valence electrons. The third-order valence-electron chi connectivity index (χ3n) is 6.27. The Bertz CT molecular complexity index is 1620. The van der Waals surface area contributed by atoms with Gasteiger partial charge < -0.3 is 4.98 Å². The van der Waals surface area contributed by atoms with Crippen molar-refractivity contribution < 1.29 is 9.72 Å². The number of nitrogens with zero attached hydrogens (tertiary/aromatic N) is 3. The van der Waals surface area contributed by atoms with Gasteiger partial charge in [-0.05, 0) is 29.3 Å². The molecule has 1 atom stereocenters. The molecule has 3 aromatic carbocycles. The molecular weight excluding hydrogens is 560 g/mol. The van der Waals surface area contributed by atoms with Gasteiger partial charge in [0.1, 0.15) is 0 Å². The number of pyridine rings is 1. The zero-order valence-corrected chi connectivity index (χ0v) is 21.7. The molecule has 4 aromatic rings. The fourth-order valence-electron chi connectivity index (χ4n) is 4.64. The van der Waals surface area contributed by atoms with Crippen molar-refractivity contribution >= 4 is 55.7 Å². The SMILES string of the molecule is O=C(CCCl)N1N=C(c2c(-c3ccccc3)c3cc(Br)ccc3[nH]c2=O)C[C@H]1c1cccc([N+](=O)[O-])c1. The zero-order valence-electron chi connectivity index (χ0n) is 19.4. The standard InChI is InChI=1S/C27H20BrClN4O4/c28-18-9-10-21-20(14-18)25(16-5-2-1-3-6-16)26(27(35)30-21)22-15-23(32(31-22)24(34)11-12-29)17-7-4-8-19(13-17)33(36)37/h1-10,13-14,23H,11-12,15H2,(H,30,35)/t23-/m0/s1. The van der Waals surface area contributed by atoms with Gasteiger partial charge in [0.05, 0.1) is 22.2 Å². The number of aromatic amines is 1. The summed E-state index contributed by atoms with van der Waals surface area (Å²) in [7, 11) is 0. The molecule has 8 nitrogen and oxygen atoms in total. The third kappa shape index (κ3) is 4.80. The summed E-state index contributed by atoms with van der Waals surface area (Å²) in [6.07, 6.45) is 0.244. The molecule has 2 heterocycles. The van der Waals surface area contributed by atoms with E-state index in [9.17, 15) is 19.7 Å². The highest BCUT2D eigenvalue weighted by Gasteiger charge is 2.35. The second kappa shape index (κ2) is 10.3. The lowest BCUT2D eigenvalue weighted by atomic mass is 9.91. The quantitative estimate of drug-likeness (QED) is 0.167. The Balaban J connectivity index is 1.72. The highest BCUT2D eigenvalue weighted by atomic mass is 79.9. The number of carbonyl (C=O) groups is 1. The van der Waals surface area contributed by atoms with Crippen molar-refractivity contribution in [3.63, 3.8) is 0 Å². The Morgan fingerprint density at radius 2 is 1.89 bits per heavy atom. The number of alkyl halides is 1. The molecule has 5 rings (SSSR count). The number of carbonyl (C=O) groups excluding carboxylic acids is 1. The summed E-state index contributed by atoms with van der Waals surface area (Å²) in [5.41, 5.74) is 3.09. The van der Waals surface area contributed by atoms with Crippen LogP contribution in [0.1, 0.15) is 30.0 Å². The van der Waals surface area contributed by atoms with Crippen molar-refractivity contribution in [3.05, 3.63) is 109 Å². The van der Waals surface area contributed by atoms with E-state index < -0.39 is 11.0 Å². The summed E-state index contributed by atoms with van der Waals surface area (Å²) in [6, 6.07) is 20.6. The molecule has 0 fully saturated rings. The van der Waals surface area contributed by atoms with Crippen molar-refractivity contribution in [1.29, 1.82) is 0 Å². The normalized spacial score (nSPS) is 15.1. The van der Waals surface area contributed by atoms with Crippen LogP contribution >= 0.6 is 27.5 Å². The number of nitro groups is 1. The van der Waals surface area contributed by atoms with Crippen LogP contribution in [0.2, 0.25) is 0 Å². The van der Waals surface area contributed by atoms with Crippen LogP contribution in [-0.2, 0) is 4.79 Å². The monoisotopic (exact) mass is 578 g/mol. The topological polar surface area (TPSA) is 109 Å². The molecule has 1 aliphatic rings. The number of hydrazone groups is 1. The van der Waals surface area contributed by atoms with Crippen molar-refractivity contribution in [2.75, 3.05) is 5.88 Å². The van der Waals surface area contributed by atoms with E-state index in [4.69, 9.17) is 11.6 Å². The number of halogens is 2. The lowest BCUT2D eigenvalue weighted by Crippen LogP contribution is -2.27. The van der Waals surface area contributed by atoms with Crippen LogP contribution in [0, 0.1) is 10.1 Å². The maximum Gasteiger partial charge on any atom is 0.269 e. The smallest absolute Gasteiger partial charge is 0.269 e. The average molecular weight is 580 g/mol. The average Bonchev–Trinajstić information content (AvgIpc) is 3.34. The molecule has 0 aliphatic carbocycles. The molecule has 0 spiro atoms. The number of H-pyrrole nitrogens is 1. The van der Waals surface area contributed by atoms with E-state index in [1.807, 2.05) is 48.5 Å². The molecule has 37 heavy (non-hydrogen) atoms. The molecule has 0 saturated heterocycles. The second-order valence-corrected chi connectivity index (χ2v) is 9.85. The predicted molar refractivity (Wildman–Crippen MR) is 147 cm³/mol. The van der Waals surface area contributed by atoms with Crippen LogP contribution < -0.4 is 5.56 Å². The maximum atomic E-state index is 13.5. The number of hydrogen-bond acceptors (Lipinski definition) is 5. The van der Waals surface area contributed by atoms with Crippen LogP contribution in [-0.4, -0.2) is 32.4 Å². The number of aromatic nitrogens is 1. The first-order chi connectivity index (χ1) is 17.9. The Labute approximate surface area is 224 Å². The minimum Gasteiger partial charge on any atom is -0.321 e. The number of hydrogen-bond donors (Lipinski definition) is 1. The van der Waals surface area contributed by atoms with Gasteiger partial charge in [0.2, 0.25) is 5.91 Å². The number of fused-ring (bicyclic) bond motifs is 1. The molecule has 0 unspecified atom stereocenters. The van der Waals surface area contributed by atoms with Crippen LogP contribution in [0.5, 0.6) is 0 Å². The van der Waals surface area contributed by atoms with Crippen LogP contribution in [0.3, 0.4) is 0 Å². The van der Waals surface area contributed by atoms with Gasteiger partial charge in [0.15, 0.2) is 0 Å². The van der Waals surface area contributed by atoms with Gasteiger partial charge in [-0.1, -0.05) is 58.4 Å². The highest BCUT2D eigenvalue weighted by molar-refractivity contribution is 9.10. The second-order valence-electron chi connectivity index (χ2n) is 8.56. The molecule has 0 saturated carbocycles. The van der Waals surface area contributed by atoms with E-state index in [1.54, 1.807) is 12.1 Å². The first kappa shape index (κ1) is 24.9. The Morgan fingerprint density at radius 1 is 1.11 bits per heavy atom. The van der Waals surface area contributed by atoms with Crippen molar-refractivity contribution in [2.24, 2.45) is 5.10 Å². The van der Waals surface area contributed by atoms with Gasteiger partial charge in [-0.15, -0.1) is 11.6 Å². The van der Waals surface area contributed by atoms with Crippen molar-refractivity contribution in [3.8, 4) is 11.1 Å². The molecule has 0 radical (unpaired) electrons. The molecular formula is C27H20BrClN4O4. The van der Waals surface area contributed by atoms with E-state index in [1.165, 1.54) is 17.1 Å². The minimum absolute atomic E-state index is 0.0380. The van der Waals surface area contributed by atoms with E-state index in [2.05, 4.69) is 26.0 Å². The number of amides is 1. The van der Waals surface area contributed by atoms with E-state index in [0.717, 1.165) is 15.4 Å². The first-order valence-electron chi connectivity index (χ1n) is 11.5. The van der Waals surface area contributed by atoms with Gasteiger partial charge in [0, 0.05) is 51.8 Å². The molecule has 1 amide bonds. The van der Waals surface area contributed by atoms with E-state index in [-0.39, 0.29) is 35.9 Å². The lowest BCUT2D eigenvalue weighted by Gasteiger charge is -2.21. The third-order valence-corrected chi connectivity index (χ3v) is 6.95. The number of nitro benzene ring substituents is 1. The Kier molecular flexibility index (Phi) is 6.90. The minimum atomic E-state index is -0.619. The Morgan fingerprint density at radius 3 is 2.62 bits per heavy atom. The largest absolute Gasteiger partial charge is 0.321 e. The summed E-state index contributed by atoms with van der Waals surface area (Å²) < 4.78 is 0.844. The van der Waals surface area contributed by atoms with Crippen molar-refractivity contribution in [1.82, 2.24) is 9.99 Å². The molecule has 0 bridgehead atoms. The van der Waals surface area contributed by atoms with Gasteiger partial charge in [-0.25, -0.2) is 5.01 Å². The summed E-state index contributed by atoms with van der Waals surface area (Å²) in [5, 5.41) is 18.1. The lowest BCUT2D eigenvalue weighted by molar-refractivity contribution is -0.384. The van der Waals surface area contributed by atoms with Crippen molar-refractivity contribution in [2.45, 2.75) is 18.9 Å². The molecule has 1 N–H and O–H groups in total. The number of nitrogens with one attached hydrogen (secondary N) is 1. The maximum absolute atomic E-state index is 13.5. The summed E-state index contributed by atoms with van der Waals surface area (Å²) in [5.74, 6) is -0.232. The van der Waals surface area contributed by atoms with Crippen LogP contribution in [0.15, 0.2) is 87.2 Å². The van der Waals surface area contributed by atoms with E-state index in [0.29, 0.717) is 27.9 Å². The highest BCUT2D eigenvalue weighted by Crippen LogP contribution is 2.38. The molecule has 1 aliphatic heterocycles. The summed E-state index contributed by atoms with van der Waals surface area (Å²) >= 11 is 9.38. The zero-order chi connectivity index (χ0) is 26.1. The predicted octanol–water partition coefficient (Wildman–Crippen LogP) is 6.17. The number of non-ortho nitro benzene ring substituents is 1.